The van der Waals surface area contributed by atoms with Crippen molar-refractivity contribution in [1.29, 1.82) is 5.26 Å². The van der Waals surface area contributed by atoms with Crippen LogP contribution in [0, 0.1) is 11.3 Å². The van der Waals surface area contributed by atoms with Crippen LogP contribution >= 0.6 is 15.9 Å². The summed E-state index contributed by atoms with van der Waals surface area (Å²) in [6.45, 7) is 4.78. The summed E-state index contributed by atoms with van der Waals surface area (Å²) < 4.78 is 11.7. The molecule has 0 amide bonds. The summed E-state index contributed by atoms with van der Waals surface area (Å²) >= 11 is 3.48. The van der Waals surface area contributed by atoms with Crippen LogP contribution in [-0.4, -0.2) is 17.0 Å². The standard InChI is InChI=1S/C17H17BrN4O2/c1-3-11-12(7-19)17(22-21-14(11)4-2)20-8-10-5-13(18)16-15(6-10)23-9-24-16/h5-6H,3-4,8-9H2,1-2H3,(H,20,22). The van der Waals surface area contributed by atoms with Gasteiger partial charge in [-0.05, 0) is 52.0 Å². The molecule has 124 valence electrons. The van der Waals surface area contributed by atoms with Crippen molar-refractivity contribution in [2.45, 2.75) is 33.2 Å². The van der Waals surface area contributed by atoms with Crippen LogP contribution in [0.2, 0.25) is 0 Å². The second kappa shape index (κ2) is 7.05. The lowest BCUT2D eigenvalue weighted by Crippen LogP contribution is -2.10. The highest BCUT2D eigenvalue weighted by molar-refractivity contribution is 9.10. The maximum atomic E-state index is 9.52. The van der Waals surface area contributed by atoms with E-state index in [0.29, 0.717) is 23.7 Å². The molecule has 2 heterocycles. The first-order valence-electron chi connectivity index (χ1n) is 7.78. The van der Waals surface area contributed by atoms with Gasteiger partial charge in [0.2, 0.25) is 6.79 Å². The molecule has 0 atom stereocenters. The maximum Gasteiger partial charge on any atom is 0.231 e. The molecule has 0 radical (unpaired) electrons. The van der Waals surface area contributed by atoms with Crippen molar-refractivity contribution in [2.75, 3.05) is 12.1 Å². The summed E-state index contributed by atoms with van der Waals surface area (Å²) in [6, 6.07) is 6.14. The van der Waals surface area contributed by atoms with Gasteiger partial charge in [0, 0.05) is 6.54 Å². The minimum Gasteiger partial charge on any atom is -0.454 e. The lowest BCUT2D eigenvalue weighted by Gasteiger charge is -2.12. The highest BCUT2D eigenvalue weighted by atomic mass is 79.9. The summed E-state index contributed by atoms with van der Waals surface area (Å²) in [4.78, 5) is 0. The fourth-order valence-electron chi connectivity index (χ4n) is 2.73. The molecule has 3 rings (SSSR count). The van der Waals surface area contributed by atoms with Gasteiger partial charge >= 0.3 is 0 Å². The SMILES string of the molecule is CCc1nnc(NCc2cc(Br)c3c(c2)OCO3)c(C#N)c1CC. The van der Waals surface area contributed by atoms with Crippen LogP contribution in [0.1, 0.15) is 36.2 Å². The quantitative estimate of drug-likeness (QED) is 0.842. The second-order valence-corrected chi connectivity index (χ2v) is 6.19. The van der Waals surface area contributed by atoms with E-state index in [9.17, 15) is 5.26 Å². The molecule has 0 aliphatic carbocycles. The third kappa shape index (κ3) is 3.02. The lowest BCUT2D eigenvalue weighted by atomic mass is 10.0. The van der Waals surface area contributed by atoms with Gasteiger partial charge in [-0.25, -0.2) is 0 Å². The average molecular weight is 389 g/mol. The number of nitrogens with zero attached hydrogens (tertiary/aromatic N) is 3. The van der Waals surface area contributed by atoms with E-state index in [1.165, 1.54) is 0 Å². The summed E-state index contributed by atoms with van der Waals surface area (Å²) in [7, 11) is 0. The fourth-order valence-corrected chi connectivity index (χ4v) is 3.33. The highest BCUT2D eigenvalue weighted by Gasteiger charge is 2.19. The van der Waals surface area contributed by atoms with Gasteiger partial charge in [0.05, 0.1) is 10.2 Å². The molecule has 0 saturated carbocycles. The molecule has 1 aliphatic heterocycles. The molecule has 0 saturated heterocycles. The number of aromatic nitrogens is 2. The molecule has 0 spiro atoms. The summed E-state index contributed by atoms with van der Waals surface area (Å²) in [5, 5.41) is 21.2. The second-order valence-electron chi connectivity index (χ2n) is 5.33. The van der Waals surface area contributed by atoms with Crippen LogP contribution in [0.3, 0.4) is 0 Å². The van der Waals surface area contributed by atoms with Crippen LogP contribution in [-0.2, 0) is 19.4 Å². The molecule has 0 fully saturated rings. The average Bonchev–Trinajstić information content (AvgIpc) is 3.08. The largest absolute Gasteiger partial charge is 0.454 e. The lowest BCUT2D eigenvalue weighted by molar-refractivity contribution is 0.173. The number of hydrogen-bond donors (Lipinski definition) is 1. The number of halogens is 1. The monoisotopic (exact) mass is 388 g/mol. The smallest absolute Gasteiger partial charge is 0.231 e. The van der Waals surface area contributed by atoms with E-state index < -0.39 is 0 Å². The molecule has 7 heteroatoms. The van der Waals surface area contributed by atoms with Gasteiger partial charge in [0.15, 0.2) is 17.3 Å². The van der Waals surface area contributed by atoms with Crippen molar-refractivity contribution in [3.8, 4) is 17.6 Å². The Bertz CT molecular complexity index is 817. The zero-order chi connectivity index (χ0) is 17.1. The van der Waals surface area contributed by atoms with Gasteiger partial charge in [-0.15, -0.1) is 5.10 Å². The highest BCUT2D eigenvalue weighted by Crippen LogP contribution is 2.40. The third-order valence-electron chi connectivity index (χ3n) is 3.90. The molecule has 0 unspecified atom stereocenters. The molecular formula is C17H17BrN4O2. The Hall–Kier alpha value is -2.33. The van der Waals surface area contributed by atoms with Crippen molar-refractivity contribution >= 4 is 21.7 Å². The van der Waals surface area contributed by atoms with Gasteiger partial charge in [-0.3, -0.25) is 0 Å². The van der Waals surface area contributed by atoms with Crippen LogP contribution in [0.5, 0.6) is 11.5 Å². The Morgan fingerprint density at radius 1 is 1.25 bits per heavy atom. The Morgan fingerprint density at radius 3 is 2.79 bits per heavy atom. The Labute approximate surface area is 148 Å². The minimum atomic E-state index is 0.229. The van der Waals surface area contributed by atoms with E-state index in [1.54, 1.807) is 0 Å². The number of benzene rings is 1. The number of nitriles is 1. The first-order valence-corrected chi connectivity index (χ1v) is 8.57. The summed E-state index contributed by atoms with van der Waals surface area (Å²) in [5.41, 5.74) is 3.41. The van der Waals surface area contributed by atoms with E-state index in [1.807, 2.05) is 26.0 Å². The number of ether oxygens (including phenoxy) is 2. The van der Waals surface area contributed by atoms with E-state index in [4.69, 9.17) is 9.47 Å². The third-order valence-corrected chi connectivity index (χ3v) is 4.49. The molecule has 1 aromatic heterocycles. The number of hydrogen-bond acceptors (Lipinski definition) is 6. The Morgan fingerprint density at radius 2 is 2.08 bits per heavy atom. The molecule has 1 aliphatic rings. The number of aryl methyl sites for hydroxylation is 1. The number of rotatable bonds is 5. The number of anilines is 1. The topological polar surface area (TPSA) is 80.1 Å². The Kier molecular flexibility index (Phi) is 4.86. The van der Waals surface area contributed by atoms with Crippen molar-refractivity contribution in [2.24, 2.45) is 0 Å². The van der Waals surface area contributed by atoms with Crippen LogP contribution in [0.25, 0.3) is 0 Å². The molecule has 2 aromatic rings. The van der Waals surface area contributed by atoms with Crippen molar-refractivity contribution in [3.05, 3.63) is 39.0 Å². The summed E-state index contributed by atoms with van der Waals surface area (Å²) in [6.07, 6.45) is 1.52. The number of fused-ring (bicyclic) bond motifs is 1. The van der Waals surface area contributed by atoms with Crippen LogP contribution in [0.15, 0.2) is 16.6 Å². The Balaban J connectivity index is 1.85. The normalized spacial score (nSPS) is 12.1. The fraction of sp³-hybridized carbons (Fsp3) is 0.353. The van der Waals surface area contributed by atoms with E-state index in [0.717, 1.165) is 39.9 Å². The van der Waals surface area contributed by atoms with E-state index in [2.05, 4.69) is 37.5 Å². The van der Waals surface area contributed by atoms with Gasteiger partial charge in [0.25, 0.3) is 0 Å². The summed E-state index contributed by atoms with van der Waals surface area (Å²) in [5.74, 6) is 1.94. The van der Waals surface area contributed by atoms with Crippen LogP contribution in [0.4, 0.5) is 5.82 Å². The van der Waals surface area contributed by atoms with E-state index >= 15 is 0 Å². The molecule has 1 N–H and O–H groups in total. The predicted octanol–water partition coefficient (Wildman–Crippen LogP) is 3.58. The van der Waals surface area contributed by atoms with Gasteiger partial charge in [-0.2, -0.15) is 10.4 Å². The molecule has 0 bridgehead atoms. The van der Waals surface area contributed by atoms with Crippen molar-refractivity contribution < 1.29 is 9.47 Å². The molecular weight excluding hydrogens is 372 g/mol. The van der Waals surface area contributed by atoms with Crippen molar-refractivity contribution in [3.63, 3.8) is 0 Å². The first-order chi connectivity index (χ1) is 11.7. The number of nitrogens with one attached hydrogen (secondary N) is 1. The maximum absolute atomic E-state index is 9.52. The van der Waals surface area contributed by atoms with E-state index in [-0.39, 0.29) is 6.79 Å². The van der Waals surface area contributed by atoms with Gasteiger partial charge in [-0.1, -0.05) is 13.8 Å². The van der Waals surface area contributed by atoms with Gasteiger partial charge in [0.1, 0.15) is 11.6 Å². The molecule has 24 heavy (non-hydrogen) atoms. The first kappa shape index (κ1) is 16.5. The molecule has 1 aromatic carbocycles. The van der Waals surface area contributed by atoms with Crippen molar-refractivity contribution in [1.82, 2.24) is 10.2 Å². The van der Waals surface area contributed by atoms with Gasteiger partial charge < -0.3 is 14.8 Å². The zero-order valence-corrected chi connectivity index (χ0v) is 15.1. The zero-order valence-electron chi connectivity index (χ0n) is 13.5. The predicted molar refractivity (Wildman–Crippen MR) is 93.1 cm³/mol. The van der Waals surface area contributed by atoms with Crippen LogP contribution < -0.4 is 14.8 Å². The minimum absolute atomic E-state index is 0.229. The molecule has 6 nitrogen and oxygen atoms in total.